The Hall–Kier alpha value is -2.82. The van der Waals surface area contributed by atoms with E-state index in [9.17, 15) is 4.79 Å². The van der Waals surface area contributed by atoms with Crippen LogP contribution in [0.2, 0.25) is 0 Å². The van der Waals surface area contributed by atoms with Gasteiger partial charge in [0, 0.05) is 12.1 Å². The highest BCUT2D eigenvalue weighted by Crippen LogP contribution is 2.23. The number of ether oxygens (including phenoxy) is 1. The van der Waals surface area contributed by atoms with Gasteiger partial charge in [0.2, 0.25) is 0 Å². The molecule has 0 aromatic heterocycles. The van der Waals surface area contributed by atoms with Gasteiger partial charge in [-0.25, -0.2) is 5.43 Å². The number of nitrogens with one attached hydrogen (secondary N) is 2. The van der Waals surface area contributed by atoms with Crippen molar-refractivity contribution in [1.29, 1.82) is 0 Å². The van der Waals surface area contributed by atoms with Crippen LogP contribution in [0.4, 0.5) is 5.69 Å². The Morgan fingerprint density at radius 2 is 1.80 bits per heavy atom. The number of hydrazone groups is 1. The summed E-state index contributed by atoms with van der Waals surface area (Å²) >= 11 is 0. The molecule has 0 saturated carbocycles. The minimum atomic E-state index is -0.435. The summed E-state index contributed by atoms with van der Waals surface area (Å²) in [4.78, 5) is 12.3. The van der Waals surface area contributed by atoms with Gasteiger partial charge in [0.15, 0.2) is 0 Å². The summed E-state index contributed by atoms with van der Waals surface area (Å²) in [6.07, 6.45) is 1.51. The predicted octanol–water partition coefficient (Wildman–Crippen LogP) is 3.62. The zero-order valence-corrected chi connectivity index (χ0v) is 15.0. The van der Waals surface area contributed by atoms with E-state index in [0.717, 1.165) is 24.2 Å². The van der Waals surface area contributed by atoms with E-state index >= 15 is 0 Å². The molecule has 132 valence electrons. The Labute approximate surface area is 149 Å². The van der Waals surface area contributed by atoms with Crippen molar-refractivity contribution in [1.82, 2.24) is 5.43 Å². The average Bonchev–Trinajstić information content (AvgIpc) is 2.66. The van der Waals surface area contributed by atoms with E-state index in [1.807, 2.05) is 49.4 Å². The molecule has 5 nitrogen and oxygen atoms in total. The van der Waals surface area contributed by atoms with Gasteiger partial charge in [0.1, 0.15) is 11.8 Å². The van der Waals surface area contributed by atoms with Crippen molar-refractivity contribution in [2.75, 3.05) is 12.4 Å². The van der Waals surface area contributed by atoms with Crippen LogP contribution < -0.4 is 15.5 Å². The number of amides is 1. The van der Waals surface area contributed by atoms with Gasteiger partial charge < -0.3 is 10.1 Å². The number of anilines is 1. The van der Waals surface area contributed by atoms with Gasteiger partial charge in [0.25, 0.3) is 5.91 Å². The second kappa shape index (κ2) is 9.47. The third-order valence-electron chi connectivity index (χ3n) is 3.86. The van der Waals surface area contributed by atoms with E-state index in [4.69, 9.17) is 4.74 Å². The molecule has 0 fully saturated rings. The van der Waals surface area contributed by atoms with Crippen LogP contribution in [0.5, 0.6) is 5.75 Å². The van der Waals surface area contributed by atoms with Crippen LogP contribution in [-0.4, -0.2) is 24.8 Å². The molecular weight excluding hydrogens is 314 g/mol. The predicted molar refractivity (Wildman–Crippen MR) is 102 cm³/mol. The standard InChI is InChI=1S/C20H25N3O2/c1-4-17(14-16-10-6-5-7-11-16)22-23-20(24)15(2)21-18-12-8-9-13-19(18)25-3/h5-13,15,21H,4,14H2,1-3H3,(H,23,24)/b22-17+. The number of nitrogens with zero attached hydrogens (tertiary/aromatic N) is 1. The zero-order chi connectivity index (χ0) is 18.1. The Bertz CT molecular complexity index is 714. The number of benzene rings is 2. The molecule has 0 aliphatic heterocycles. The lowest BCUT2D eigenvalue weighted by molar-refractivity contribution is -0.121. The highest BCUT2D eigenvalue weighted by Gasteiger charge is 2.14. The van der Waals surface area contributed by atoms with Crippen LogP contribution in [0.25, 0.3) is 0 Å². The summed E-state index contributed by atoms with van der Waals surface area (Å²) in [6, 6.07) is 17.2. The number of hydrogen-bond donors (Lipinski definition) is 2. The van der Waals surface area contributed by atoms with E-state index < -0.39 is 6.04 Å². The molecule has 25 heavy (non-hydrogen) atoms. The molecule has 5 heteroatoms. The maximum Gasteiger partial charge on any atom is 0.262 e. The fourth-order valence-electron chi connectivity index (χ4n) is 2.37. The summed E-state index contributed by atoms with van der Waals surface area (Å²) in [5.41, 5.74) is 5.54. The molecule has 1 unspecified atom stereocenters. The normalized spacial score (nSPS) is 12.4. The molecule has 0 heterocycles. The molecule has 0 saturated heterocycles. The van der Waals surface area contributed by atoms with Crippen LogP contribution in [0, 0.1) is 0 Å². The van der Waals surface area contributed by atoms with Crippen molar-refractivity contribution in [3.05, 3.63) is 60.2 Å². The van der Waals surface area contributed by atoms with Gasteiger partial charge in [-0.15, -0.1) is 0 Å². The van der Waals surface area contributed by atoms with E-state index in [1.54, 1.807) is 14.0 Å². The third kappa shape index (κ3) is 5.64. The minimum Gasteiger partial charge on any atom is -0.495 e. The van der Waals surface area contributed by atoms with E-state index in [2.05, 4.69) is 28.0 Å². The van der Waals surface area contributed by atoms with Crippen LogP contribution in [-0.2, 0) is 11.2 Å². The first-order valence-corrected chi connectivity index (χ1v) is 8.42. The molecule has 0 bridgehead atoms. The molecule has 2 N–H and O–H groups in total. The fraction of sp³-hybridized carbons (Fsp3) is 0.300. The van der Waals surface area contributed by atoms with Crippen molar-refractivity contribution in [3.8, 4) is 5.75 Å². The highest BCUT2D eigenvalue weighted by molar-refractivity contribution is 5.89. The van der Waals surface area contributed by atoms with Crippen LogP contribution in [0.15, 0.2) is 59.7 Å². The number of methoxy groups -OCH3 is 1. The number of carbonyl (C=O) groups is 1. The summed E-state index contributed by atoms with van der Waals surface area (Å²) in [7, 11) is 1.60. The molecule has 1 atom stereocenters. The van der Waals surface area contributed by atoms with Gasteiger partial charge in [-0.1, -0.05) is 49.4 Å². The molecule has 2 rings (SSSR count). The van der Waals surface area contributed by atoms with E-state index in [0.29, 0.717) is 5.75 Å². The summed E-state index contributed by atoms with van der Waals surface area (Å²) in [6.45, 7) is 3.82. The molecule has 0 radical (unpaired) electrons. The summed E-state index contributed by atoms with van der Waals surface area (Å²) in [5, 5.41) is 7.43. The Balaban J connectivity index is 1.95. The van der Waals surface area contributed by atoms with Crippen LogP contribution >= 0.6 is 0 Å². The van der Waals surface area contributed by atoms with E-state index in [1.165, 1.54) is 5.56 Å². The molecule has 2 aromatic rings. The van der Waals surface area contributed by atoms with Crippen molar-refractivity contribution >= 4 is 17.3 Å². The second-order valence-electron chi connectivity index (χ2n) is 5.74. The molecule has 0 aliphatic carbocycles. The number of rotatable bonds is 8. The zero-order valence-electron chi connectivity index (χ0n) is 15.0. The topological polar surface area (TPSA) is 62.7 Å². The van der Waals surface area contributed by atoms with Gasteiger partial charge in [-0.2, -0.15) is 5.10 Å². The number of hydrogen-bond acceptors (Lipinski definition) is 4. The maximum absolute atomic E-state index is 12.3. The highest BCUT2D eigenvalue weighted by atomic mass is 16.5. The Morgan fingerprint density at radius 3 is 2.48 bits per heavy atom. The quantitative estimate of drug-likeness (QED) is 0.570. The minimum absolute atomic E-state index is 0.190. The molecule has 1 amide bonds. The van der Waals surface area contributed by atoms with Gasteiger partial charge in [-0.05, 0) is 31.0 Å². The largest absolute Gasteiger partial charge is 0.495 e. The summed E-state index contributed by atoms with van der Waals surface area (Å²) < 4.78 is 5.29. The van der Waals surface area contributed by atoms with Crippen molar-refractivity contribution in [2.24, 2.45) is 5.10 Å². The van der Waals surface area contributed by atoms with E-state index in [-0.39, 0.29) is 5.91 Å². The van der Waals surface area contributed by atoms with Gasteiger partial charge in [0.05, 0.1) is 12.8 Å². The first kappa shape index (κ1) is 18.5. The van der Waals surface area contributed by atoms with Crippen molar-refractivity contribution in [3.63, 3.8) is 0 Å². The third-order valence-corrected chi connectivity index (χ3v) is 3.86. The Morgan fingerprint density at radius 1 is 1.12 bits per heavy atom. The molecule has 0 spiro atoms. The lowest BCUT2D eigenvalue weighted by Crippen LogP contribution is -2.35. The lowest BCUT2D eigenvalue weighted by Gasteiger charge is -2.16. The van der Waals surface area contributed by atoms with Crippen LogP contribution in [0.1, 0.15) is 25.8 Å². The lowest BCUT2D eigenvalue weighted by atomic mass is 10.1. The summed E-state index contributed by atoms with van der Waals surface area (Å²) in [5.74, 6) is 0.508. The average molecular weight is 339 g/mol. The monoisotopic (exact) mass is 339 g/mol. The van der Waals surface area contributed by atoms with Gasteiger partial charge in [-0.3, -0.25) is 4.79 Å². The second-order valence-corrected chi connectivity index (χ2v) is 5.74. The van der Waals surface area contributed by atoms with Crippen molar-refractivity contribution < 1.29 is 9.53 Å². The van der Waals surface area contributed by atoms with Crippen molar-refractivity contribution in [2.45, 2.75) is 32.7 Å². The SMILES string of the molecule is CC/C(Cc1ccccc1)=N\NC(=O)C(C)Nc1ccccc1OC. The number of para-hydroxylation sites is 2. The Kier molecular flexibility index (Phi) is 7.01. The first-order chi connectivity index (χ1) is 12.1. The number of carbonyl (C=O) groups excluding carboxylic acids is 1. The molecular formula is C20H25N3O2. The van der Waals surface area contributed by atoms with Gasteiger partial charge >= 0.3 is 0 Å². The smallest absolute Gasteiger partial charge is 0.262 e. The molecule has 2 aromatic carbocycles. The maximum atomic E-state index is 12.3. The molecule has 0 aliphatic rings. The first-order valence-electron chi connectivity index (χ1n) is 8.42. The fourth-order valence-corrected chi connectivity index (χ4v) is 2.37. The van der Waals surface area contributed by atoms with Crippen LogP contribution in [0.3, 0.4) is 0 Å².